The van der Waals surface area contributed by atoms with Gasteiger partial charge in [0.2, 0.25) is 11.7 Å². The van der Waals surface area contributed by atoms with E-state index in [2.05, 4.69) is 30.9 Å². The van der Waals surface area contributed by atoms with Crippen LogP contribution in [-0.2, 0) is 0 Å². The molecule has 2 rings (SSSR count). The maximum Gasteiger partial charge on any atom is 0.243 e. The van der Waals surface area contributed by atoms with Crippen molar-refractivity contribution in [1.29, 1.82) is 0 Å². The van der Waals surface area contributed by atoms with E-state index in [1.54, 1.807) is 6.20 Å². The number of rotatable bonds is 4. The van der Waals surface area contributed by atoms with Crippen molar-refractivity contribution in [2.24, 2.45) is 0 Å². The van der Waals surface area contributed by atoms with Crippen LogP contribution in [0.25, 0.3) is 11.5 Å². The van der Waals surface area contributed by atoms with Crippen LogP contribution in [0.15, 0.2) is 10.7 Å². The Morgan fingerprint density at radius 1 is 1.60 bits per heavy atom. The van der Waals surface area contributed by atoms with Crippen LogP contribution in [0.3, 0.4) is 0 Å². The Bertz CT molecular complexity index is 408. The van der Waals surface area contributed by atoms with Gasteiger partial charge < -0.3 is 9.84 Å². The molecule has 0 aliphatic heterocycles. The third kappa shape index (κ3) is 2.01. The topological polar surface area (TPSA) is 92.5 Å². The lowest BCUT2D eigenvalue weighted by Crippen LogP contribution is -2.17. The van der Waals surface area contributed by atoms with Crippen molar-refractivity contribution in [3.05, 3.63) is 12.1 Å². The number of hydrogen-bond acceptors (Lipinski definition) is 6. The summed E-state index contributed by atoms with van der Waals surface area (Å²) in [6, 6.07) is 0.0446. The summed E-state index contributed by atoms with van der Waals surface area (Å²) in [4.78, 5) is 4.21. The minimum atomic E-state index is 0.0446. The van der Waals surface area contributed by atoms with E-state index in [9.17, 15) is 0 Å². The average Bonchev–Trinajstić information content (AvgIpc) is 2.89. The summed E-state index contributed by atoms with van der Waals surface area (Å²) < 4.78 is 5.10. The summed E-state index contributed by atoms with van der Waals surface area (Å²) in [7, 11) is 0. The highest BCUT2D eigenvalue weighted by Gasteiger charge is 2.15. The van der Waals surface area contributed by atoms with E-state index in [-0.39, 0.29) is 6.04 Å². The Morgan fingerprint density at radius 3 is 3.13 bits per heavy atom. The molecule has 1 unspecified atom stereocenters. The number of aromatic amines is 1. The van der Waals surface area contributed by atoms with Gasteiger partial charge in [0.15, 0.2) is 5.69 Å². The molecule has 2 aromatic rings. The Balaban J connectivity index is 2.17. The maximum absolute atomic E-state index is 5.10. The van der Waals surface area contributed by atoms with E-state index in [1.165, 1.54) is 0 Å². The molecule has 0 saturated carbocycles. The van der Waals surface area contributed by atoms with Crippen LogP contribution in [0.2, 0.25) is 0 Å². The first-order valence-electron chi connectivity index (χ1n) is 4.74. The van der Waals surface area contributed by atoms with Crippen molar-refractivity contribution in [2.75, 3.05) is 6.54 Å². The van der Waals surface area contributed by atoms with Gasteiger partial charge in [-0.1, -0.05) is 12.1 Å². The number of aromatic nitrogens is 5. The molecule has 7 nitrogen and oxygen atoms in total. The Kier molecular flexibility index (Phi) is 2.72. The second-order valence-electron chi connectivity index (χ2n) is 3.09. The second-order valence-corrected chi connectivity index (χ2v) is 3.09. The van der Waals surface area contributed by atoms with Gasteiger partial charge in [-0.2, -0.15) is 20.4 Å². The first-order valence-corrected chi connectivity index (χ1v) is 4.74. The zero-order valence-corrected chi connectivity index (χ0v) is 8.56. The van der Waals surface area contributed by atoms with Crippen LogP contribution >= 0.6 is 0 Å². The highest BCUT2D eigenvalue weighted by atomic mass is 16.5. The van der Waals surface area contributed by atoms with Gasteiger partial charge in [-0.05, 0) is 13.5 Å². The van der Waals surface area contributed by atoms with Gasteiger partial charge in [-0.3, -0.25) is 0 Å². The molecule has 0 saturated heterocycles. The summed E-state index contributed by atoms with van der Waals surface area (Å²) in [6.45, 7) is 4.83. The molecule has 0 radical (unpaired) electrons. The van der Waals surface area contributed by atoms with Gasteiger partial charge in [0.1, 0.15) is 0 Å². The number of nitrogens with one attached hydrogen (secondary N) is 2. The van der Waals surface area contributed by atoms with Gasteiger partial charge in [0, 0.05) is 0 Å². The molecule has 0 aliphatic rings. The fraction of sp³-hybridized carbons (Fsp3) is 0.500. The molecular weight excluding hydrogens is 196 g/mol. The van der Waals surface area contributed by atoms with Crippen molar-refractivity contribution in [3.63, 3.8) is 0 Å². The molecule has 2 aromatic heterocycles. The van der Waals surface area contributed by atoms with Crippen LogP contribution in [-0.4, -0.2) is 32.1 Å². The fourth-order valence-electron chi connectivity index (χ4n) is 1.22. The van der Waals surface area contributed by atoms with Gasteiger partial charge in [0.25, 0.3) is 0 Å². The molecular formula is C8H12N6O. The lowest BCUT2D eigenvalue weighted by atomic mass is 10.3. The number of H-pyrrole nitrogens is 1. The highest BCUT2D eigenvalue weighted by Crippen LogP contribution is 2.14. The van der Waals surface area contributed by atoms with Crippen molar-refractivity contribution < 1.29 is 4.52 Å². The monoisotopic (exact) mass is 208 g/mol. The smallest absolute Gasteiger partial charge is 0.243 e. The molecule has 2 N–H and O–H groups in total. The normalized spacial score (nSPS) is 12.9. The quantitative estimate of drug-likeness (QED) is 0.761. The minimum absolute atomic E-state index is 0.0446. The Morgan fingerprint density at radius 2 is 2.47 bits per heavy atom. The predicted molar refractivity (Wildman–Crippen MR) is 51.8 cm³/mol. The second kappa shape index (κ2) is 4.18. The summed E-state index contributed by atoms with van der Waals surface area (Å²) >= 11 is 0. The summed E-state index contributed by atoms with van der Waals surface area (Å²) in [5, 5.41) is 17.0. The summed E-state index contributed by atoms with van der Waals surface area (Å²) in [5.74, 6) is 0.998. The molecule has 0 amide bonds. The molecule has 0 aliphatic carbocycles. The molecule has 0 aromatic carbocycles. The van der Waals surface area contributed by atoms with Gasteiger partial charge in [0.05, 0.1) is 12.2 Å². The van der Waals surface area contributed by atoms with E-state index >= 15 is 0 Å². The van der Waals surface area contributed by atoms with Crippen LogP contribution in [0.1, 0.15) is 25.8 Å². The van der Waals surface area contributed by atoms with Crippen molar-refractivity contribution in [1.82, 2.24) is 30.9 Å². The number of hydrogen-bond donors (Lipinski definition) is 2. The molecule has 0 bridgehead atoms. The Labute approximate surface area is 86.3 Å². The third-order valence-corrected chi connectivity index (χ3v) is 1.97. The molecule has 2 heterocycles. The zero-order chi connectivity index (χ0) is 10.7. The fourth-order valence-corrected chi connectivity index (χ4v) is 1.22. The van der Waals surface area contributed by atoms with Gasteiger partial charge in [-0.25, -0.2) is 0 Å². The van der Waals surface area contributed by atoms with Crippen molar-refractivity contribution in [2.45, 2.75) is 19.9 Å². The van der Waals surface area contributed by atoms with Crippen LogP contribution in [0.4, 0.5) is 0 Å². The van der Waals surface area contributed by atoms with E-state index in [4.69, 9.17) is 4.52 Å². The highest BCUT2D eigenvalue weighted by molar-refractivity contribution is 5.44. The SMILES string of the molecule is CCNC(C)c1nc(-c2cn[nH]n2)no1. The van der Waals surface area contributed by atoms with E-state index < -0.39 is 0 Å². The summed E-state index contributed by atoms with van der Waals surface area (Å²) in [6.07, 6.45) is 1.55. The van der Waals surface area contributed by atoms with Gasteiger partial charge >= 0.3 is 0 Å². The lowest BCUT2D eigenvalue weighted by molar-refractivity contribution is 0.342. The molecule has 15 heavy (non-hydrogen) atoms. The molecule has 0 spiro atoms. The molecule has 7 heteroatoms. The van der Waals surface area contributed by atoms with Crippen molar-refractivity contribution in [3.8, 4) is 11.5 Å². The zero-order valence-electron chi connectivity index (χ0n) is 8.56. The maximum atomic E-state index is 5.10. The van der Waals surface area contributed by atoms with Crippen molar-refractivity contribution >= 4 is 0 Å². The number of nitrogens with zero attached hydrogens (tertiary/aromatic N) is 4. The van der Waals surface area contributed by atoms with E-state index in [0.29, 0.717) is 17.4 Å². The van der Waals surface area contributed by atoms with Crippen LogP contribution in [0.5, 0.6) is 0 Å². The molecule has 1 atom stereocenters. The average molecular weight is 208 g/mol. The van der Waals surface area contributed by atoms with Crippen LogP contribution < -0.4 is 5.32 Å². The first-order chi connectivity index (χ1) is 7.31. The minimum Gasteiger partial charge on any atom is -0.337 e. The first kappa shape index (κ1) is 9.78. The van der Waals surface area contributed by atoms with E-state index in [1.807, 2.05) is 13.8 Å². The van der Waals surface area contributed by atoms with Crippen LogP contribution in [0, 0.1) is 0 Å². The van der Waals surface area contributed by atoms with E-state index in [0.717, 1.165) is 6.54 Å². The largest absolute Gasteiger partial charge is 0.337 e. The molecule has 80 valence electrons. The third-order valence-electron chi connectivity index (χ3n) is 1.97. The lowest BCUT2D eigenvalue weighted by Gasteiger charge is -2.04. The predicted octanol–water partition coefficient (Wildman–Crippen LogP) is 0.525. The molecule has 0 fully saturated rings. The van der Waals surface area contributed by atoms with Gasteiger partial charge in [-0.15, -0.1) is 0 Å². The summed E-state index contributed by atoms with van der Waals surface area (Å²) in [5.41, 5.74) is 0.577. The Hall–Kier alpha value is -1.76. The standard InChI is InChI=1S/C8H12N6O/c1-3-9-5(2)8-11-7(13-15-8)6-4-10-14-12-6/h4-5,9H,3H2,1-2H3,(H,10,12,14).